The van der Waals surface area contributed by atoms with Crippen LogP contribution in [0.15, 0.2) is 24.9 Å². The highest BCUT2D eigenvalue weighted by atomic mass is 16.3. The Labute approximate surface area is 115 Å². The third kappa shape index (κ3) is 2.53. The van der Waals surface area contributed by atoms with E-state index in [1.165, 1.54) is 0 Å². The predicted octanol–water partition coefficient (Wildman–Crippen LogP) is 0.377. The summed E-state index contributed by atoms with van der Waals surface area (Å²) >= 11 is 0. The number of amides is 1. The molecule has 0 bridgehead atoms. The molecule has 0 spiro atoms. The van der Waals surface area contributed by atoms with E-state index < -0.39 is 0 Å². The summed E-state index contributed by atoms with van der Waals surface area (Å²) in [6.45, 7) is 0.546. The van der Waals surface area contributed by atoms with Gasteiger partial charge in [0.2, 0.25) is 5.91 Å². The smallest absolute Gasteiger partial charge is 0.290 e. The molecule has 1 aliphatic heterocycles. The molecule has 2 aromatic rings. The predicted molar refractivity (Wildman–Crippen MR) is 69.8 cm³/mol. The molecule has 106 valence electrons. The molecule has 3 heterocycles. The lowest BCUT2D eigenvalue weighted by molar-refractivity contribution is -0.129. The van der Waals surface area contributed by atoms with Crippen molar-refractivity contribution in [1.82, 2.24) is 24.4 Å². The van der Waals surface area contributed by atoms with Gasteiger partial charge in [0, 0.05) is 26.0 Å². The Balaban J connectivity index is 0.000000452. The van der Waals surface area contributed by atoms with E-state index in [0.29, 0.717) is 0 Å². The summed E-state index contributed by atoms with van der Waals surface area (Å²) in [6.07, 6.45) is 7.70. The first kappa shape index (κ1) is 13.8. The maximum atomic E-state index is 12.0. The molecule has 1 atom stereocenters. The van der Waals surface area contributed by atoms with Crippen molar-refractivity contribution in [1.29, 1.82) is 0 Å². The Morgan fingerprint density at radius 3 is 2.85 bits per heavy atom. The van der Waals surface area contributed by atoms with Gasteiger partial charge in [0.15, 0.2) is 5.82 Å². The first-order valence-corrected chi connectivity index (χ1v) is 6.03. The minimum atomic E-state index is -0.250. The number of aromatic amines is 1. The van der Waals surface area contributed by atoms with Gasteiger partial charge in [-0.25, -0.2) is 9.97 Å². The van der Waals surface area contributed by atoms with Crippen molar-refractivity contribution in [2.45, 2.75) is 12.5 Å². The second kappa shape index (κ2) is 6.00. The van der Waals surface area contributed by atoms with E-state index in [-0.39, 0.29) is 18.4 Å². The van der Waals surface area contributed by atoms with Crippen LogP contribution in [-0.2, 0) is 9.59 Å². The van der Waals surface area contributed by atoms with Crippen LogP contribution >= 0.6 is 0 Å². The number of hydrogen-bond donors (Lipinski definition) is 2. The molecule has 1 aliphatic rings. The quantitative estimate of drug-likeness (QED) is 0.772. The van der Waals surface area contributed by atoms with Crippen LogP contribution in [0.25, 0.3) is 11.5 Å². The molecule has 2 aromatic heterocycles. The van der Waals surface area contributed by atoms with Gasteiger partial charge in [-0.15, -0.1) is 0 Å². The largest absolute Gasteiger partial charge is 0.483 e. The van der Waals surface area contributed by atoms with Gasteiger partial charge in [-0.3, -0.25) is 9.59 Å². The van der Waals surface area contributed by atoms with Crippen LogP contribution in [0.4, 0.5) is 0 Å². The lowest BCUT2D eigenvalue weighted by Crippen LogP contribution is -2.24. The number of aromatic nitrogens is 4. The minimum absolute atomic E-state index is 0.138. The number of likely N-dealkylation sites (tertiary alicyclic amines) is 1. The fourth-order valence-electron chi connectivity index (χ4n) is 2.21. The maximum absolute atomic E-state index is 12.0. The third-order valence-corrected chi connectivity index (χ3v) is 3.14. The monoisotopic (exact) mass is 277 g/mol. The van der Waals surface area contributed by atoms with E-state index >= 15 is 0 Å². The molecule has 1 amide bonds. The van der Waals surface area contributed by atoms with Crippen LogP contribution in [0.5, 0.6) is 0 Å². The summed E-state index contributed by atoms with van der Waals surface area (Å²) in [4.78, 5) is 33.4. The molecular formula is C12H15N5O3. The molecule has 0 aliphatic carbocycles. The maximum Gasteiger partial charge on any atom is 0.290 e. The number of imidazole rings is 2. The van der Waals surface area contributed by atoms with Crippen molar-refractivity contribution in [2.75, 3.05) is 13.6 Å². The number of nitrogens with one attached hydrogen (secondary N) is 1. The van der Waals surface area contributed by atoms with Gasteiger partial charge in [0.25, 0.3) is 6.47 Å². The number of likely N-dealkylation sites (N-methyl/N-ethyl adjacent to an activating group) is 1. The zero-order valence-electron chi connectivity index (χ0n) is 10.9. The van der Waals surface area contributed by atoms with Crippen LogP contribution in [0.3, 0.4) is 0 Å². The summed E-state index contributed by atoms with van der Waals surface area (Å²) in [6, 6.07) is -0.138. The lowest BCUT2D eigenvalue weighted by Gasteiger charge is -2.13. The molecule has 20 heavy (non-hydrogen) atoms. The summed E-state index contributed by atoms with van der Waals surface area (Å²) in [7, 11) is 1.83. The average Bonchev–Trinajstić information content (AvgIpc) is 3.13. The molecule has 1 saturated heterocycles. The van der Waals surface area contributed by atoms with Gasteiger partial charge in [0.05, 0.1) is 12.5 Å². The van der Waals surface area contributed by atoms with Crippen molar-refractivity contribution < 1.29 is 14.7 Å². The molecule has 3 rings (SSSR count). The molecule has 8 heteroatoms. The SMILES string of the molecule is CN1CCC(n2ccnc2-c2cnc[nH]2)C1=O.O=CO. The van der Waals surface area contributed by atoms with Gasteiger partial charge >= 0.3 is 0 Å². The highest BCUT2D eigenvalue weighted by molar-refractivity contribution is 5.82. The molecule has 2 N–H and O–H groups in total. The zero-order chi connectivity index (χ0) is 14.5. The minimum Gasteiger partial charge on any atom is -0.483 e. The highest BCUT2D eigenvalue weighted by Gasteiger charge is 2.31. The van der Waals surface area contributed by atoms with E-state index in [1.54, 1.807) is 23.6 Å². The molecule has 0 saturated carbocycles. The zero-order valence-corrected chi connectivity index (χ0v) is 10.9. The van der Waals surface area contributed by atoms with E-state index in [2.05, 4.69) is 15.0 Å². The lowest BCUT2D eigenvalue weighted by atomic mass is 10.2. The van der Waals surface area contributed by atoms with Crippen LogP contribution in [0.1, 0.15) is 12.5 Å². The summed E-state index contributed by atoms with van der Waals surface area (Å²) in [5.74, 6) is 0.903. The number of carboxylic acid groups (broad SMARTS) is 1. The van der Waals surface area contributed by atoms with Gasteiger partial charge in [-0.1, -0.05) is 0 Å². The molecule has 0 radical (unpaired) electrons. The normalized spacial score (nSPS) is 17.8. The van der Waals surface area contributed by atoms with Crippen molar-refractivity contribution in [3.63, 3.8) is 0 Å². The second-order valence-corrected chi connectivity index (χ2v) is 4.29. The Morgan fingerprint density at radius 2 is 2.30 bits per heavy atom. The first-order valence-electron chi connectivity index (χ1n) is 6.03. The number of carbonyl (C=O) groups excluding carboxylic acids is 1. The van der Waals surface area contributed by atoms with E-state index in [1.807, 2.05) is 17.8 Å². The molecule has 1 unspecified atom stereocenters. The van der Waals surface area contributed by atoms with Crippen LogP contribution in [0, 0.1) is 0 Å². The fourth-order valence-corrected chi connectivity index (χ4v) is 2.21. The summed E-state index contributed by atoms with van der Waals surface area (Å²) < 4.78 is 1.92. The van der Waals surface area contributed by atoms with Crippen LogP contribution in [-0.4, -0.2) is 55.5 Å². The average molecular weight is 277 g/mol. The van der Waals surface area contributed by atoms with Crippen LogP contribution in [0.2, 0.25) is 0 Å². The van der Waals surface area contributed by atoms with Crippen molar-refractivity contribution >= 4 is 12.4 Å². The third-order valence-electron chi connectivity index (χ3n) is 3.14. The Bertz CT molecular complexity index is 578. The van der Waals surface area contributed by atoms with E-state index in [9.17, 15) is 4.79 Å². The van der Waals surface area contributed by atoms with Gasteiger partial charge in [-0.05, 0) is 6.42 Å². The van der Waals surface area contributed by atoms with Crippen molar-refractivity contribution in [3.8, 4) is 11.5 Å². The molecule has 0 aromatic carbocycles. The first-order chi connectivity index (χ1) is 9.69. The molecule has 1 fully saturated rings. The topological polar surface area (TPSA) is 104 Å². The van der Waals surface area contributed by atoms with Crippen molar-refractivity contribution in [3.05, 3.63) is 24.9 Å². The molecular weight excluding hydrogens is 262 g/mol. The highest BCUT2D eigenvalue weighted by Crippen LogP contribution is 2.26. The number of H-pyrrole nitrogens is 1. The number of hydrogen-bond acceptors (Lipinski definition) is 4. The summed E-state index contributed by atoms with van der Waals surface area (Å²) in [5, 5.41) is 6.89. The number of rotatable bonds is 2. The number of carbonyl (C=O) groups is 2. The fraction of sp³-hybridized carbons (Fsp3) is 0.333. The second-order valence-electron chi connectivity index (χ2n) is 4.29. The standard InChI is InChI=1S/C11H13N5O.CH2O2/c1-15-4-2-9(11(15)17)16-5-3-13-10(16)8-6-12-7-14-8;2-1-3/h3,5-7,9H,2,4H2,1H3,(H,12,14);1H,(H,2,3). The number of nitrogens with zero attached hydrogens (tertiary/aromatic N) is 4. The van der Waals surface area contributed by atoms with Crippen molar-refractivity contribution in [2.24, 2.45) is 0 Å². The van der Waals surface area contributed by atoms with E-state index in [4.69, 9.17) is 9.90 Å². The van der Waals surface area contributed by atoms with Gasteiger partial charge < -0.3 is 19.6 Å². The Morgan fingerprint density at radius 1 is 1.55 bits per heavy atom. The summed E-state index contributed by atoms with van der Waals surface area (Å²) in [5.41, 5.74) is 0.831. The van der Waals surface area contributed by atoms with Gasteiger partial charge in [-0.2, -0.15) is 0 Å². The Hall–Kier alpha value is -2.64. The Kier molecular flexibility index (Phi) is 4.14. The van der Waals surface area contributed by atoms with Gasteiger partial charge in [0.1, 0.15) is 11.7 Å². The molecule has 8 nitrogen and oxygen atoms in total. The van der Waals surface area contributed by atoms with Crippen LogP contribution < -0.4 is 0 Å². The van der Waals surface area contributed by atoms with E-state index in [0.717, 1.165) is 24.5 Å².